The van der Waals surface area contributed by atoms with E-state index in [2.05, 4.69) is 12.2 Å². The molecule has 1 aromatic rings. The van der Waals surface area contributed by atoms with Crippen LogP contribution in [0.25, 0.3) is 0 Å². The van der Waals surface area contributed by atoms with Gasteiger partial charge in [0, 0.05) is 31.4 Å². The van der Waals surface area contributed by atoms with Gasteiger partial charge in [0.05, 0.1) is 0 Å². The highest BCUT2D eigenvalue weighted by molar-refractivity contribution is 5.94. The number of hydrogen-bond acceptors (Lipinski definition) is 2. The van der Waals surface area contributed by atoms with Gasteiger partial charge in [0.2, 0.25) is 0 Å². The summed E-state index contributed by atoms with van der Waals surface area (Å²) in [7, 11) is 3.56. The summed E-state index contributed by atoms with van der Waals surface area (Å²) in [5.41, 5.74) is 1.80. The predicted molar refractivity (Wildman–Crippen MR) is 74.9 cm³/mol. The first kappa shape index (κ1) is 12.9. The molecule has 0 spiro atoms. The number of anilines is 1. The van der Waals surface area contributed by atoms with Gasteiger partial charge in [0.15, 0.2) is 0 Å². The molecule has 0 aliphatic heterocycles. The van der Waals surface area contributed by atoms with Crippen LogP contribution in [0, 0.1) is 5.92 Å². The largest absolute Gasteiger partial charge is 0.382 e. The van der Waals surface area contributed by atoms with Gasteiger partial charge in [-0.1, -0.05) is 19.4 Å². The smallest absolute Gasteiger partial charge is 0.253 e. The molecule has 18 heavy (non-hydrogen) atoms. The molecule has 2 atom stereocenters. The first-order valence-corrected chi connectivity index (χ1v) is 6.66. The lowest BCUT2D eigenvalue weighted by Gasteiger charge is -2.19. The van der Waals surface area contributed by atoms with Crippen LogP contribution in [0.15, 0.2) is 24.3 Å². The minimum absolute atomic E-state index is 0.0538. The Bertz CT molecular complexity index is 428. The topological polar surface area (TPSA) is 32.3 Å². The third-order valence-electron chi connectivity index (χ3n) is 3.73. The number of amides is 1. The second kappa shape index (κ2) is 5.42. The lowest BCUT2D eigenvalue weighted by molar-refractivity contribution is 0.0827. The number of benzene rings is 1. The summed E-state index contributed by atoms with van der Waals surface area (Å²) in [6, 6.07) is 8.35. The molecule has 0 heterocycles. The third kappa shape index (κ3) is 2.84. The van der Waals surface area contributed by atoms with Crippen LogP contribution in [-0.4, -0.2) is 30.9 Å². The first-order valence-electron chi connectivity index (χ1n) is 6.66. The van der Waals surface area contributed by atoms with Crippen molar-refractivity contribution in [3.63, 3.8) is 0 Å². The number of carbonyl (C=O) groups is 1. The second-order valence-electron chi connectivity index (χ2n) is 5.44. The molecule has 0 bridgehead atoms. The van der Waals surface area contributed by atoms with E-state index in [1.807, 2.05) is 24.3 Å². The van der Waals surface area contributed by atoms with Crippen LogP contribution >= 0.6 is 0 Å². The van der Waals surface area contributed by atoms with E-state index in [-0.39, 0.29) is 5.91 Å². The van der Waals surface area contributed by atoms with Crippen LogP contribution in [0.2, 0.25) is 0 Å². The molecule has 1 saturated carbocycles. The number of carbonyl (C=O) groups excluding carboxylic acids is 1. The quantitative estimate of drug-likeness (QED) is 0.889. The molecule has 0 radical (unpaired) electrons. The van der Waals surface area contributed by atoms with E-state index in [4.69, 9.17) is 0 Å². The molecule has 2 rings (SSSR count). The van der Waals surface area contributed by atoms with E-state index < -0.39 is 0 Å². The van der Waals surface area contributed by atoms with E-state index >= 15 is 0 Å². The van der Waals surface area contributed by atoms with Crippen molar-refractivity contribution in [3.05, 3.63) is 29.8 Å². The number of hydrogen-bond donors (Lipinski definition) is 1. The summed E-state index contributed by atoms with van der Waals surface area (Å²) >= 11 is 0. The average molecular weight is 246 g/mol. The van der Waals surface area contributed by atoms with Crippen LogP contribution in [0.4, 0.5) is 5.69 Å². The van der Waals surface area contributed by atoms with Crippen molar-refractivity contribution in [2.45, 2.75) is 32.2 Å². The maximum absolute atomic E-state index is 11.9. The van der Waals surface area contributed by atoms with Gasteiger partial charge in [-0.15, -0.1) is 0 Å². The van der Waals surface area contributed by atoms with Crippen molar-refractivity contribution in [2.75, 3.05) is 19.4 Å². The van der Waals surface area contributed by atoms with Gasteiger partial charge >= 0.3 is 0 Å². The summed E-state index contributed by atoms with van der Waals surface area (Å²) in [5, 5.41) is 3.55. The highest BCUT2D eigenvalue weighted by atomic mass is 16.2. The highest BCUT2D eigenvalue weighted by Gasteiger charge is 2.23. The molecular weight excluding hydrogens is 224 g/mol. The Kier molecular flexibility index (Phi) is 3.90. The van der Waals surface area contributed by atoms with E-state index in [0.29, 0.717) is 6.04 Å². The van der Waals surface area contributed by atoms with E-state index in [9.17, 15) is 4.79 Å². The zero-order valence-electron chi connectivity index (χ0n) is 11.4. The Hall–Kier alpha value is -1.51. The van der Waals surface area contributed by atoms with Gasteiger partial charge < -0.3 is 10.2 Å². The van der Waals surface area contributed by atoms with Crippen molar-refractivity contribution in [2.24, 2.45) is 5.92 Å². The van der Waals surface area contributed by atoms with Gasteiger partial charge in [-0.05, 0) is 37.0 Å². The van der Waals surface area contributed by atoms with Crippen molar-refractivity contribution in [1.29, 1.82) is 0 Å². The fraction of sp³-hybridized carbons (Fsp3) is 0.533. The average Bonchev–Trinajstić information content (AvgIpc) is 2.74. The minimum Gasteiger partial charge on any atom is -0.382 e. The van der Waals surface area contributed by atoms with Gasteiger partial charge in [-0.25, -0.2) is 0 Å². The molecule has 1 amide bonds. The predicted octanol–water partition coefficient (Wildman–Crippen LogP) is 2.99. The summed E-state index contributed by atoms with van der Waals surface area (Å²) in [4.78, 5) is 13.5. The van der Waals surface area contributed by atoms with Gasteiger partial charge in [0.25, 0.3) is 5.91 Å². The maximum Gasteiger partial charge on any atom is 0.253 e. The lowest BCUT2D eigenvalue weighted by atomic mass is 10.1. The Balaban J connectivity index is 2.10. The van der Waals surface area contributed by atoms with Crippen molar-refractivity contribution in [1.82, 2.24) is 4.90 Å². The second-order valence-corrected chi connectivity index (χ2v) is 5.44. The van der Waals surface area contributed by atoms with Crippen molar-refractivity contribution >= 4 is 11.6 Å². The zero-order chi connectivity index (χ0) is 13.1. The van der Waals surface area contributed by atoms with Crippen LogP contribution in [0.3, 0.4) is 0 Å². The zero-order valence-corrected chi connectivity index (χ0v) is 11.4. The highest BCUT2D eigenvalue weighted by Crippen LogP contribution is 2.28. The molecule has 3 nitrogen and oxygen atoms in total. The molecule has 1 aromatic carbocycles. The maximum atomic E-state index is 11.9. The van der Waals surface area contributed by atoms with Gasteiger partial charge in [0.1, 0.15) is 0 Å². The number of rotatable bonds is 3. The van der Waals surface area contributed by atoms with Crippen LogP contribution < -0.4 is 5.32 Å². The summed E-state index contributed by atoms with van der Waals surface area (Å²) in [6.07, 6.45) is 3.83. The fourth-order valence-corrected chi connectivity index (χ4v) is 2.57. The Morgan fingerprint density at radius 2 is 2.11 bits per heavy atom. The number of nitrogens with zero attached hydrogens (tertiary/aromatic N) is 1. The fourth-order valence-electron chi connectivity index (χ4n) is 2.57. The Labute approximate surface area is 109 Å². The summed E-state index contributed by atoms with van der Waals surface area (Å²) in [6.45, 7) is 2.29. The van der Waals surface area contributed by atoms with Crippen molar-refractivity contribution < 1.29 is 4.79 Å². The van der Waals surface area contributed by atoms with E-state index in [1.54, 1.807) is 19.0 Å². The third-order valence-corrected chi connectivity index (χ3v) is 3.73. The van der Waals surface area contributed by atoms with Crippen LogP contribution in [-0.2, 0) is 0 Å². The molecule has 3 heteroatoms. The molecular formula is C15H22N2O. The monoisotopic (exact) mass is 246 g/mol. The summed E-state index contributed by atoms with van der Waals surface area (Å²) in [5.74, 6) is 0.774. The van der Waals surface area contributed by atoms with Crippen molar-refractivity contribution in [3.8, 4) is 0 Å². The van der Waals surface area contributed by atoms with E-state index in [0.717, 1.165) is 17.2 Å². The lowest BCUT2D eigenvalue weighted by Crippen LogP contribution is -2.23. The molecule has 98 valence electrons. The molecule has 2 unspecified atom stereocenters. The summed E-state index contributed by atoms with van der Waals surface area (Å²) < 4.78 is 0. The van der Waals surface area contributed by atoms with E-state index in [1.165, 1.54) is 19.3 Å². The molecule has 0 aromatic heterocycles. The molecule has 1 aliphatic carbocycles. The standard InChI is InChI=1S/C15H22N2O/c1-11-6-4-9-14(11)16-13-8-5-7-12(10-13)15(18)17(2)3/h5,7-8,10-11,14,16H,4,6,9H2,1-3H3. The van der Waals surface area contributed by atoms with Gasteiger partial charge in [-0.2, -0.15) is 0 Å². The van der Waals surface area contributed by atoms with Crippen LogP contribution in [0.5, 0.6) is 0 Å². The molecule has 0 saturated heterocycles. The number of nitrogens with one attached hydrogen (secondary N) is 1. The Morgan fingerprint density at radius 1 is 1.33 bits per heavy atom. The van der Waals surface area contributed by atoms with Crippen LogP contribution in [0.1, 0.15) is 36.5 Å². The SMILES string of the molecule is CC1CCCC1Nc1cccc(C(=O)N(C)C)c1. The Morgan fingerprint density at radius 3 is 2.72 bits per heavy atom. The minimum atomic E-state index is 0.0538. The molecule has 1 aliphatic rings. The normalized spacial score (nSPS) is 22.8. The first-order chi connectivity index (χ1) is 8.58. The molecule has 1 fully saturated rings. The molecule has 1 N–H and O–H groups in total. The van der Waals surface area contributed by atoms with Gasteiger partial charge in [-0.3, -0.25) is 4.79 Å².